The fraction of sp³-hybridized carbons (Fsp3) is 0.500. The molecule has 7 heteroatoms. The maximum atomic E-state index is 13.8. The molecule has 0 radical (unpaired) electrons. The smallest absolute Gasteiger partial charge is 0.322 e. The first-order valence-electron chi connectivity index (χ1n) is 6.72. The molecule has 1 fully saturated rings. The molecule has 21 heavy (non-hydrogen) atoms. The van der Waals surface area contributed by atoms with Crippen molar-refractivity contribution >= 4 is 5.91 Å². The summed E-state index contributed by atoms with van der Waals surface area (Å²) in [6.07, 6.45) is -5.47. The number of amides is 1. The van der Waals surface area contributed by atoms with Crippen molar-refractivity contribution in [1.29, 1.82) is 0 Å². The van der Waals surface area contributed by atoms with Gasteiger partial charge in [0.05, 0.1) is 6.54 Å². The Labute approximate surface area is 119 Å². The lowest BCUT2D eigenvalue weighted by atomic mass is 10.1. The Morgan fingerprint density at radius 1 is 1.24 bits per heavy atom. The highest BCUT2D eigenvalue weighted by atomic mass is 19.4. The molecule has 1 N–H and O–H groups in total. The first kappa shape index (κ1) is 15.8. The number of carbonyl (C=O) groups excluding carboxylic acids is 1. The van der Waals surface area contributed by atoms with E-state index in [1.165, 1.54) is 11.0 Å². The molecule has 1 aliphatic rings. The summed E-state index contributed by atoms with van der Waals surface area (Å²) in [7, 11) is 0. The molecule has 1 aromatic carbocycles. The molecule has 0 aliphatic carbocycles. The minimum atomic E-state index is -4.18. The molecule has 1 atom stereocenters. The van der Waals surface area contributed by atoms with Crippen LogP contribution in [0.25, 0.3) is 0 Å². The quantitative estimate of drug-likeness (QED) is 0.670. The summed E-state index contributed by atoms with van der Waals surface area (Å²) in [6, 6.07) is 6.06. The van der Waals surface area contributed by atoms with Gasteiger partial charge in [0, 0.05) is 18.5 Å². The van der Waals surface area contributed by atoms with Crippen LogP contribution in [0.15, 0.2) is 24.3 Å². The Morgan fingerprint density at radius 3 is 2.62 bits per heavy atom. The van der Waals surface area contributed by atoms with Gasteiger partial charge in [0.1, 0.15) is 12.0 Å². The van der Waals surface area contributed by atoms with Gasteiger partial charge in [-0.1, -0.05) is 18.2 Å². The lowest BCUT2D eigenvalue weighted by Crippen LogP contribution is -2.32. The second kappa shape index (κ2) is 6.43. The number of rotatable bonds is 5. The van der Waals surface area contributed by atoms with Gasteiger partial charge in [-0.25, -0.2) is 4.39 Å². The van der Waals surface area contributed by atoms with E-state index in [4.69, 9.17) is 0 Å². The number of carbonyl (C=O) groups is 1. The van der Waals surface area contributed by atoms with Crippen LogP contribution in [-0.4, -0.2) is 30.1 Å². The molecule has 0 aromatic heterocycles. The minimum Gasteiger partial charge on any atom is -0.322 e. The third kappa shape index (κ3) is 4.17. The molecule has 1 aliphatic heterocycles. The predicted molar refractivity (Wildman–Crippen MR) is 68.8 cm³/mol. The highest BCUT2D eigenvalue weighted by Crippen LogP contribution is 2.26. The molecule has 1 saturated heterocycles. The van der Waals surface area contributed by atoms with Crippen LogP contribution in [0.1, 0.15) is 31.0 Å². The maximum Gasteiger partial charge on any atom is 0.389 e. The van der Waals surface area contributed by atoms with Gasteiger partial charge in [-0.15, -0.1) is 0 Å². The third-order valence-electron chi connectivity index (χ3n) is 3.39. The highest BCUT2D eigenvalue weighted by Gasteiger charge is 2.33. The Bertz CT molecular complexity index is 504. The number of nitrogens with zero attached hydrogens (tertiary/aromatic N) is 1. The van der Waals surface area contributed by atoms with Crippen LogP contribution in [0.3, 0.4) is 0 Å². The van der Waals surface area contributed by atoms with Crippen molar-refractivity contribution in [1.82, 2.24) is 10.2 Å². The predicted octanol–water partition coefficient (Wildman–Crippen LogP) is 2.99. The van der Waals surface area contributed by atoms with Crippen LogP contribution in [0.2, 0.25) is 0 Å². The SMILES string of the molecule is O=C1CNC(c2ccccc2F)N1CCCCC(F)(F)F. The maximum absolute atomic E-state index is 13.8. The average Bonchev–Trinajstić information content (AvgIpc) is 2.76. The van der Waals surface area contributed by atoms with E-state index in [1.807, 2.05) is 0 Å². The van der Waals surface area contributed by atoms with E-state index in [9.17, 15) is 22.4 Å². The summed E-state index contributed by atoms with van der Waals surface area (Å²) in [4.78, 5) is 13.2. The molecular weight excluding hydrogens is 288 g/mol. The molecule has 1 aromatic rings. The number of nitrogens with one attached hydrogen (secondary N) is 1. The van der Waals surface area contributed by atoms with Crippen molar-refractivity contribution in [2.75, 3.05) is 13.1 Å². The van der Waals surface area contributed by atoms with Gasteiger partial charge in [0.2, 0.25) is 5.91 Å². The second-order valence-electron chi connectivity index (χ2n) is 4.96. The highest BCUT2D eigenvalue weighted by molar-refractivity contribution is 5.80. The summed E-state index contributed by atoms with van der Waals surface area (Å²) >= 11 is 0. The lowest BCUT2D eigenvalue weighted by Gasteiger charge is -2.25. The van der Waals surface area contributed by atoms with Crippen LogP contribution in [0, 0.1) is 5.82 Å². The number of hydrogen-bond donors (Lipinski definition) is 1. The van der Waals surface area contributed by atoms with Crippen LogP contribution < -0.4 is 5.32 Å². The first-order chi connectivity index (χ1) is 9.88. The van der Waals surface area contributed by atoms with E-state index in [-0.39, 0.29) is 31.8 Å². The summed E-state index contributed by atoms with van der Waals surface area (Å²) in [5.41, 5.74) is 0.333. The van der Waals surface area contributed by atoms with Crippen molar-refractivity contribution in [3.63, 3.8) is 0 Å². The van der Waals surface area contributed by atoms with Crippen LogP contribution in [-0.2, 0) is 4.79 Å². The minimum absolute atomic E-state index is 0.0444. The van der Waals surface area contributed by atoms with Crippen molar-refractivity contribution < 1.29 is 22.4 Å². The van der Waals surface area contributed by atoms with Crippen molar-refractivity contribution in [2.45, 2.75) is 31.6 Å². The van der Waals surface area contributed by atoms with Gasteiger partial charge >= 0.3 is 6.18 Å². The monoisotopic (exact) mass is 304 g/mol. The topological polar surface area (TPSA) is 32.3 Å². The van der Waals surface area contributed by atoms with Crippen LogP contribution in [0.4, 0.5) is 17.6 Å². The molecule has 116 valence electrons. The molecule has 2 rings (SSSR count). The molecular formula is C14H16F4N2O. The zero-order valence-corrected chi connectivity index (χ0v) is 11.3. The third-order valence-corrected chi connectivity index (χ3v) is 3.39. The van der Waals surface area contributed by atoms with Gasteiger partial charge < -0.3 is 4.90 Å². The molecule has 0 bridgehead atoms. The zero-order valence-electron chi connectivity index (χ0n) is 11.3. The van der Waals surface area contributed by atoms with Crippen molar-refractivity contribution in [3.8, 4) is 0 Å². The number of hydrogen-bond acceptors (Lipinski definition) is 2. The second-order valence-corrected chi connectivity index (χ2v) is 4.96. The number of halogens is 4. The lowest BCUT2D eigenvalue weighted by molar-refractivity contribution is -0.136. The standard InChI is InChI=1S/C14H16F4N2O/c15-11-6-2-1-5-10(11)13-19-9-12(21)20(13)8-4-3-7-14(16,17)18/h1-2,5-6,13,19H,3-4,7-9H2. The van der Waals surface area contributed by atoms with E-state index in [0.717, 1.165) is 0 Å². The Hall–Kier alpha value is -1.63. The van der Waals surface area contributed by atoms with Gasteiger partial charge in [-0.2, -0.15) is 13.2 Å². The van der Waals surface area contributed by atoms with Crippen molar-refractivity contribution in [2.24, 2.45) is 0 Å². The number of benzene rings is 1. The van der Waals surface area contributed by atoms with Gasteiger partial charge in [-0.05, 0) is 18.9 Å². The first-order valence-corrected chi connectivity index (χ1v) is 6.72. The fourth-order valence-electron chi connectivity index (χ4n) is 2.38. The van der Waals surface area contributed by atoms with E-state index in [2.05, 4.69) is 5.32 Å². The van der Waals surface area contributed by atoms with E-state index >= 15 is 0 Å². The molecule has 3 nitrogen and oxygen atoms in total. The van der Waals surface area contributed by atoms with Crippen LogP contribution >= 0.6 is 0 Å². The van der Waals surface area contributed by atoms with Gasteiger partial charge in [-0.3, -0.25) is 10.1 Å². The number of unbranched alkanes of at least 4 members (excludes halogenated alkanes) is 1. The summed E-state index contributed by atoms with van der Waals surface area (Å²) in [6.45, 7) is 0.249. The molecule has 1 heterocycles. The normalized spacial score (nSPS) is 19.3. The molecule has 0 spiro atoms. The van der Waals surface area contributed by atoms with Crippen LogP contribution in [0.5, 0.6) is 0 Å². The van der Waals surface area contributed by atoms with Gasteiger partial charge in [0.25, 0.3) is 0 Å². The summed E-state index contributed by atoms with van der Waals surface area (Å²) in [5, 5.41) is 2.88. The van der Waals surface area contributed by atoms with E-state index in [0.29, 0.717) is 5.56 Å². The Kier molecular flexibility index (Phi) is 4.82. The van der Waals surface area contributed by atoms with Crippen molar-refractivity contribution in [3.05, 3.63) is 35.6 Å². The van der Waals surface area contributed by atoms with E-state index < -0.39 is 24.6 Å². The summed E-state index contributed by atoms with van der Waals surface area (Å²) < 4.78 is 50.0. The van der Waals surface area contributed by atoms with E-state index in [1.54, 1.807) is 18.2 Å². The number of alkyl halides is 3. The zero-order chi connectivity index (χ0) is 15.5. The Morgan fingerprint density at radius 2 is 1.95 bits per heavy atom. The largest absolute Gasteiger partial charge is 0.389 e. The average molecular weight is 304 g/mol. The molecule has 1 unspecified atom stereocenters. The van der Waals surface area contributed by atoms with Gasteiger partial charge in [0.15, 0.2) is 0 Å². The molecule has 0 saturated carbocycles. The molecule has 1 amide bonds. The fourth-order valence-corrected chi connectivity index (χ4v) is 2.38. The Balaban J connectivity index is 1.96. The summed E-state index contributed by atoms with van der Waals surface area (Å²) in [5.74, 6) is -0.666.